The van der Waals surface area contributed by atoms with E-state index in [4.69, 9.17) is 0 Å². The van der Waals surface area contributed by atoms with Crippen LogP contribution in [0.15, 0.2) is 47.4 Å². The van der Waals surface area contributed by atoms with Gasteiger partial charge in [0.05, 0.1) is 16.6 Å². The Hall–Kier alpha value is -1.81. The molecule has 2 aromatic carbocycles. The zero-order chi connectivity index (χ0) is 15.4. The molecule has 0 fully saturated rings. The molecule has 0 saturated heterocycles. The van der Waals surface area contributed by atoms with Crippen molar-refractivity contribution in [2.75, 3.05) is 5.75 Å². The van der Waals surface area contributed by atoms with Crippen LogP contribution in [0.3, 0.4) is 0 Å². The number of hydrogen-bond acceptors (Lipinski definition) is 2. The highest BCUT2D eigenvalue weighted by molar-refractivity contribution is 7.85. The van der Waals surface area contributed by atoms with Crippen molar-refractivity contribution in [3.63, 3.8) is 0 Å². The van der Waals surface area contributed by atoms with E-state index in [-0.39, 0.29) is 18.0 Å². The zero-order valence-electron chi connectivity index (χ0n) is 12.1. The van der Waals surface area contributed by atoms with Gasteiger partial charge in [0.25, 0.3) is 0 Å². The van der Waals surface area contributed by atoms with E-state index >= 15 is 0 Å². The van der Waals surface area contributed by atoms with E-state index in [0.29, 0.717) is 10.5 Å². The van der Waals surface area contributed by atoms with Crippen molar-refractivity contribution in [3.8, 4) is 0 Å². The lowest BCUT2D eigenvalue weighted by atomic mass is 10.1. The summed E-state index contributed by atoms with van der Waals surface area (Å²) in [4.78, 5) is 12.6. The van der Waals surface area contributed by atoms with E-state index < -0.39 is 16.6 Å². The third-order valence-corrected chi connectivity index (χ3v) is 4.74. The zero-order valence-corrected chi connectivity index (χ0v) is 12.9. The number of hydrogen-bond donors (Lipinski definition) is 0. The normalized spacial score (nSPS) is 12.1. The predicted molar refractivity (Wildman–Crippen MR) is 82.3 cm³/mol. The van der Waals surface area contributed by atoms with E-state index in [2.05, 4.69) is 0 Å². The second-order valence-corrected chi connectivity index (χ2v) is 6.49. The molecular weight excluding hydrogens is 287 g/mol. The summed E-state index contributed by atoms with van der Waals surface area (Å²) in [6, 6.07) is 11.7. The number of Topliss-reactive ketones (excluding diaryl/α,β-unsaturated/α-hetero) is 1. The first kappa shape index (κ1) is 15.6. The SMILES string of the molecule is Cc1ccc(S(=O)CC(=O)Cc2ccccc2F)cc1C. The van der Waals surface area contributed by atoms with Gasteiger partial charge in [-0.05, 0) is 48.7 Å². The van der Waals surface area contributed by atoms with Gasteiger partial charge >= 0.3 is 0 Å². The van der Waals surface area contributed by atoms with Gasteiger partial charge < -0.3 is 0 Å². The average Bonchev–Trinajstić information content (AvgIpc) is 2.44. The lowest BCUT2D eigenvalue weighted by Crippen LogP contribution is -2.14. The molecule has 0 aliphatic rings. The van der Waals surface area contributed by atoms with Gasteiger partial charge in [0, 0.05) is 11.3 Å². The highest BCUT2D eigenvalue weighted by Gasteiger charge is 2.13. The van der Waals surface area contributed by atoms with Crippen LogP contribution in [0.2, 0.25) is 0 Å². The largest absolute Gasteiger partial charge is 0.298 e. The second-order valence-electron chi connectivity index (χ2n) is 5.04. The molecule has 0 radical (unpaired) electrons. The molecule has 0 amide bonds. The minimum atomic E-state index is -1.38. The summed E-state index contributed by atoms with van der Waals surface area (Å²) in [7, 11) is -1.38. The van der Waals surface area contributed by atoms with Crippen molar-refractivity contribution in [3.05, 3.63) is 65.0 Å². The van der Waals surface area contributed by atoms with Gasteiger partial charge in [-0.1, -0.05) is 24.3 Å². The molecule has 2 rings (SSSR count). The maximum atomic E-state index is 13.5. The number of benzene rings is 2. The van der Waals surface area contributed by atoms with Crippen LogP contribution in [0, 0.1) is 19.7 Å². The number of carbonyl (C=O) groups is 1. The Morgan fingerprint density at radius 3 is 2.48 bits per heavy atom. The summed E-state index contributed by atoms with van der Waals surface area (Å²) in [6.07, 6.45) is -0.0245. The van der Waals surface area contributed by atoms with Crippen molar-refractivity contribution in [2.45, 2.75) is 25.2 Å². The number of carbonyl (C=O) groups excluding carboxylic acids is 1. The monoisotopic (exact) mass is 304 g/mol. The van der Waals surface area contributed by atoms with Crippen LogP contribution in [-0.4, -0.2) is 15.7 Å². The van der Waals surface area contributed by atoms with E-state index in [1.54, 1.807) is 24.3 Å². The van der Waals surface area contributed by atoms with Crippen LogP contribution in [0.25, 0.3) is 0 Å². The first-order valence-corrected chi connectivity index (χ1v) is 8.00. The highest BCUT2D eigenvalue weighted by atomic mass is 32.2. The second kappa shape index (κ2) is 6.76. The number of ketones is 1. The first-order valence-electron chi connectivity index (χ1n) is 6.68. The Morgan fingerprint density at radius 2 is 1.81 bits per heavy atom. The molecule has 4 heteroatoms. The smallest absolute Gasteiger partial charge is 0.150 e. The minimum Gasteiger partial charge on any atom is -0.298 e. The maximum Gasteiger partial charge on any atom is 0.150 e. The molecule has 0 N–H and O–H groups in total. The van der Waals surface area contributed by atoms with Crippen LogP contribution < -0.4 is 0 Å². The lowest BCUT2D eigenvalue weighted by molar-refractivity contribution is -0.116. The molecule has 110 valence electrons. The van der Waals surface area contributed by atoms with Crippen molar-refractivity contribution in [1.82, 2.24) is 0 Å². The molecule has 0 spiro atoms. The molecule has 0 aromatic heterocycles. The molecule has 0 bridgehead atoms. The summed E-state index contributed by atoms with van der Waals surface area (Å²) in [5.74, 6) is -0.712. The Balaban J connectivity index is 2.04. The summed E-state index contributed by atoms with van der Waals surface area (Å²) in [5.41, 5.74) is 2.51. The van der Waals surface area contributed by atoms with Crippen molar-refractivity contribution >= 4 is 16.6 Å². The molecule has 0 saturated carbocycles. The molecular formula is C17H17FO2S. The van der Waals surface area contributed by atoms with Crippen molar-refractivity contribution in [1.29, 1.82) is 0 Å². The fraction of sp³-hybridized carbons (Fsp3) is 0.235. The van der Waals surface area contributed by atoms with Gasteiger partial charge in [-0.2, -0.15) is 0 Å². The van der Waals surface area contributed by atoms with Crippen molar-refractivity contribution < 1.29 is 13.4 Å². The number of halogens is 1. The molecule has 2 aromatic rings. The van der Waals surface area contributed by atoms with Crippen LogP contribution in [-0.2, 0) is 22.0 Å². The molecule has 21 heavy (non-hydrogen) atoms. The minimum absolute atomic E-state index is 0.0245. The van der Waals surface area contributed by atoms with E-state index in [9.17, 15) is 13.4 Å². The summed E-state index contributed by atoms with van der Waals surface area (Å²) >= 11 is 0. The summed E-state index contributed by atoms with van der Waals surface area (Å²) in [5, 5.41) is 0. The number of rotatable bonds is 5. The van der Waals surface area contributed by atoms with Gasteiger partial charge in [-0.3, -0.25) is 9.00 Å². The topological polar surface area (TPSA) is 34.1 Å². The quantitative estimate of drug-likeness (QED) is 0.849. The van der Waals surface area contributed by atoms with E-state index in [1.165, 1.54) is 6.07 Å². The molecule has 1 atom stereocenters. The lowest BCUT2D eigenvalue weighted by Gasteiger charge is -2.06. The molecule has 0 aliphatic heterocycles. The first-order chi connectivity index (χ1) is 9.97. The third-order valence-electron chi connectivity index (χ3n) is 3.38. The van der Waals surface area contributed by atoms with Crippen LogP contribution >= 0.6 is 0 Å². The molecule has 1 unspecified atom stereocenters. The third kappa shape index (κ3) is 4.08. The summed E-state index contributed by atoms with van der Waals surface area (Å²) in [6.45, 7) is 3.92. The average molecular weight is 304 g/mol. The van der Waals surface area contributed by atoms with Gasteiger partial charge in [-0.25, -0.2) is 4.39 Å². The fourth-order valence-electron chi connectivity index (χ4n) is 1.99. The van der Waals surface area contributed by atoms with Gasteiger partial charge in [0.15, 0.2) is 0 Å². The predicted octanol–water partition coefficient (Wildman–Crippen LogP) is 3.36. The Bertz CT molecular complexity index is 695. The number of aryl methyl sites for hydroxylation is 2. The van der Waals surface area contributed by atoms with E-state index in [0.717, 1.165) is 11.1 Å². The van der Waals surface area contributed by atoms with Crippen LogP contribution in [0.4, 0.5) is 4.39 Å². The maximum absolute atomic E-state index is 13.5. The highest BCUT2D eigenvalue weighted by Crippen LogP contribution is 2.14. The van der Waals surface area contributed by atoms with Crippen LogP contribution in [0.5, 0.6) is 0 Å². The Kier molecular flexibility index (Phi) is 5.02. The molecule has 0 heterocycles. The molecule has 2 nitrogen and oxygen atoms in total. The van der Waals surface area contributed by atoms with Gasteiger partial charge in [0.1, 0.15) is 11.6 Å². The standard InChI is InChI=1S/C17H17FO2S/c1-12-7-8-16(9-13(12)2)21(20)11-15(19)10-14-5-3-4-6-17(14)18/h3-9H,10-11H2,1-2H3. The Morgan fingerprint density at radius 1 is 1.10 bits per heavy atom. The molecule has 0 aliphatic carbocycles. The summed E-state index contributed by atoms with van der Waals surface area (Å²) < 4.78 is 25.7. The van der Waals surface area contributed by atoms with Crippen molar-refractivity contribution in [2.24, 2.45) is 0 Å². The van der Waals surface area contributed by atoms with Crippen LogP contribution in [0.1, 0.15) is 16.7 Å². The van der Waals surface area contributed by atoms with Gasteiger partial charge in [0.2, 0.25) is 0 Å². The van der Waals surface area contributed by atoms with Gasteiger partial charge in [-0.15, -0.1) is 0 Å². The van der Waals surface area contributed by atoms with E-state index in [1.807, 2.05) is 26.0 Å². The Labute approximate surface area is 126 Å². The fourth-order valence-corrected chi connectivity index (χ4v) is 3.08.